The number of hydrogen-bond donors (Lipinski definition) is 1. The number of benzene rings is 3. The standard InChI is InChI=1S/C28H24F3N3O2/c1-3-34(4-2)27(36)33-20-13-8-12-19(16-20)24-21-14-9-15-23(28(29,30)31)25(21)32-17-22(24)26(35)18-10-6-5-7-11-18/h5-17H,3-4H2,1-2H3,(H,33,36). The molecule has 0 saturated heterocycles. The van der Waals surface area contributed by atoms with Crippen LogP contribution < -0.4 is 5.32 Å². The van der Waals surface area contributed by atoms with E-state index in [2.05, 4.69) is 10.3 Å². The predicted octanol–water partition coefficient (Wildman–Crippen LogP) is 7.03. The molecule has 0 atom stereocenters. The van der Waals surface area contributed by atoms with Gasteiger partial charge < -0.3 is 10.2 Å². The summed E-state index contributed by atoms with van der Waals surface area (Å²) in [5, 5.41) is 3.02. The van der Waals surface area contributed by atoms with Gasteiger partial charge in [-0.2, -0.15) is 13.2 Å². The van der Waals surface area contributed by atoms with Crippen molar-refractivity contribution >= 4 is 28.4 Å². The summed E-state index contributed by atoms with van der Waals surface area (Å²) in [5.41, 5.74) is 0.683. The number of urea groups is 1. The number of anilines is 1. The van der Waals surface area contributed by atoms with Crippen molar-refractivity contribution in [3.05, 3.63) is 95.7 Å². The van der Waals surface area contributed by atoms with Crippen LogP contribution in [0.4, 0.5) is 23.7 Å². The maximum Gasteiger partial charge on any atom is 0.418 e. The van der Waals surface area contributed by atoms with E-state index in [-0.39, 0.29) is 28.3 Å². The molecule has 0 bridgehead atoms. The van der Waals surface area contributed by atoms with E-state index in [0.29, 0.717) is 35.5 Å². The van der Waals surface area contributed by atoms with Gasteiger partial charge in [0.25, 0.3) is 0 Å². The van der Waals surface area contributed by atoms with E-state index in [4.69, 9.17) is 0 Å². The number of pyridine rings is 1. The smallest absolute Gasteiger partial charge is 0.325 e. The average Bonchev–Trinajstić information content (AvgIpc) is 2.88. The number of para-hydroxylation sites is 1. The summed E-state index contributed by atoms with van der Waals surface area (Å²) in [5.74, 6) is -0.366. The molecular weight excluding hydrogens is 467 g/mol. The fourth-order valence-electron chi connectivity index (χ4n) is 4.15. The first kappa shape index (κ1) is 24.9. The molecule has 0 unspecified atom stereocenters. The number of fused-ring (bicyclic) bond motifs is 1. The second-order valence-corrected chi connectivity index (χ2v) is 8.12. The highest BCUT2D eigenvalue weighted by Gasteiger charge is 2.34. The number of carbonyl (C=O) groups excluding carboxylic acids is 2. The largest absolute Gasteiger partial charge is 0.418 e. The highest BCUT2D eigenvalue weighted by Crippen LogP contribution is 2.39. The number of nitrogens with one attached hydrogen (secondary N) is 1. The van der Waals surface area contributed by atoms with E-state index < -0.39 is 11.7 Å². The van der Waals surface area contributed by atoms with Crippen LogP contribution in [0.5, 0.6) is 0 Å². The summed E-state index contributed by atoms with van der Waals surface area (Å²) in [6.45, 7) is 4.77. The van der Waals surface area contributed by atoms with Crippen molar-refractivity contribution in [2.75, 3.05) is 18.4 Å². The van der Waals surface area contributed by atoms with Crippen LogP contribution in [-0.4, -0.2) is 34.8 Å². The molecule has 8 heteroatoms. The lowest BCUT2D eigenvalue weighted by Gasteiger charge is -2.20. The van der Waals surface area contributed by atoms with Gasteiger partial charge in [0, 0.05) is 47.1 Å². The Morgan fingerprint density at radius 1 is 0.917 bits per heavy atom. The third-order valence-corrected chi connectivity index (χ3v) is 5.94. The van der Waals surface area contributed by atoms with Gasteiger partial charge in [0.1, 0.15) is 0 Å². The molecule has 3 aromatic carbocycles. The van der Waals surface area contributed by atoms with E-state index in [9.17, 15) is 22.8 Å². The maximum atomic E-state index is 13.8. The van der Waals surface area contributed by atoms with E-state index in [1.807, 2.05) is 13.8 Å². The number of hydrogen-bond acceptors (Lipinski definition) is 3. The monoisotopic (exact) mass is 491 g/mol. The number of carbonyl (C=O) groups is 2. The van der Waals surface area contributed by atoms with E-state index >= 15 is 0 Å². The predicted molar refractivity (Wildman–Crippen MR) is 134 cm³/mol. The number of amides is 2. The van der Waals surface area contributed by atoms with Crippen LogP contribution in [0, 0.1) is 0 Å². The van der Waals surface area contributed by atoms with Gasteiger partial charge in [-0.1, -0.05) is 54.6 Å². The molecule has 0 aliphatic heterocycles. The quantitative estimate of drug-likeness (QED) is 0.295. The van der Waals surface area contributed by atoms with Crippen LogP contribution in [0.3, 0.4) is 0 Å². The molecule has 1 aromatic heterocycles. The number of alkyl halides is 3. The Bertz CT molecular complexity index is 1410. The van der Waals surface area contributed by atoms with Crippen molar-refractivity contribution in [1.29, 1.82) is 0 Å². The Morgan fingerprint density at radius 3 is 2.28 bits per heavy atom. The number of halogens is 3. The van der Waals surface area contributed by atoms with Gasteiger partial charge in [0.2, 0.25) is 0 Å². The second kappa shape index (κ2) is 10.2. The molecular formula is C28H24F3N3O2. The molecule has 1 heterocycles. The lowest BCUT2D eigenvalue weighted by atomic mass is 9.91. The molecule has 36 heavy (non-hydrogen) atoms. The van der Waals surface area contributed by atoms with Crippen LogP contribution in [0.1, 0.15) is 35.3 Å². The van der Waals surface area contributed by atoms with Crippen molar-refractivity contribution in [3.63, 3.8) is 0 Å². The Labute approximate surface area is 206 Å². The van der Waals surface area contributed by atoms with Crippen LogP contribution in [-0.2, 0) is 6.18 Å². The van der Waals surface area contributed by atoms with Gasteiger partial charge in [-0.05, 0) is 37.6 Å². The minimum atomic E-state index is -4.62. The van der Waals surface area contributed by atoms with Crippen molar-refractivity contribution in [2.45, 2.75) is 20.0 Å². The van der Waals surface area contributed by atoms with Gasteiger partial charge in [-0.15, -0.1) is 0 Å². The topological polar surface area (TPSA) is 62.3 Å². The summed E-state index contributed by atoms with van der Waals surface area (Å²) in [7, 11) is 0. The number of aromatic nitrogens is 1. The minimum Gasteiger partial charge on any atom is -0.325 e. The normalized spacial score (nSPS) is 11.4. The van der Waals surface area contributed by atoms with Crippen molar-refractivity contribution in [2.24, 2.45) is 0 Å². The van der Waals surface area contributed by atoms with Crippen LogP contribution in [0.15, 0.2) is 79.0 Å². The molecule has 0 spiro atoms. The molecule has 2 amide bonds. The lowest BCUT2D eigenvalue weighted by molar-refractivity contribution is -0.136. The number of nitrogens with zero attached hydrogens (tertiary/aromatic N) is 2. The zero-order chi connectivity index (χ0) is 25.9. The molecule has 0 aliphatic rings. The molecule has 0 radical (unpaired) electrons. The van der Waals surface area contributed by atoms with Gasteiger partial charge in [0.15, 0.2) is 5.78 Å². The fraction of sp³-hybridized carbons (Fsp3) is 0.179. The Kier molecular flexibility index (Phi) is 7.05. The van der Waals surface area contributed by atoms with Crippen molar-refractivity contribution in [3.8, 4) is 11.1 Å². The molecule has 0 saturated carbocycles. The summed E-state index contributed by atoms with van der Waals surface area (Å²) >= 11 is 0. The van der Waals surface area contributed by atoms with Gasteiger partial charge in [0.05, 0.1) is 11.1 Å². The average molecular weight is 492 g/mol. The van der Waals surface area contributed by atoms with Gasteiger partial charge in [-0.3, -0.25) is 9.78 Å². The molecule has 4 aromatic rings. The molecule has 184 valence electrons. The number of ketones is 1. The van der Waals surface area contributed by atoms with Crippen molar-refractivity contribution in [1.82, 2.24) is 9.88 Å². The van der Waals surface area contributed by atoms with Crippen LogP contribution >= 0.6 is 0 Å². The Balaban J connectivity index is 1.93. The summed E-state index contributed by atoms with van der Waals surface area (Å²) in [6.07, 6.45) is -3.42. The zero-order valence-corrected chi connectivity index (χ0v) is 19.8. The molecule has 1 N–H and O–H groups in total. The highest BCUT2D eigenvalue weighted by molar-refractivity contribution is 6.17. The van der Waals surface area contributed by atoms with Crippen molar-refractivity contribution < 1.29 is 22.8 Å². The molecule has 0 fully saturated rings. The third-order valence-electron chi connectivity index (χ3n) is 5.94. The zero-order valence-electron chi connectivity index (χ0n) is 19.8. The summed E-state index contributed by atoms with van der Waals surface area (Å²) in [4.78, 5) is 31.7. The van der Waals surface area contributed by atoms with E-state index in [0.717, 1.165) is 6.07 Å². The lowest BCUT2D eigenvalue weighted by Crippen LogP contribution is -2.34. The third kappa shape index (κ3) is 4.93. The number of rotatable bonds is 6. The molecule has 0 aliphatic carbocycles. The summed E-state index contributed by atoms with van der Waals surface area (Å²) < 4.78 is 41.3. The first-order valence-electron chi connectivity index (χ1n) is 11.5. The first-order chi connectivity index (χ1) is 17.2. The SMILES string of the molecule is CCN(CC)C(=O)Nc1cccc(-c2c(C(=O)c3ccccc3)cnc3c(C(F)(F)F)cccc23)c1. The maximum absolute atomic E-state index is 13.8. The Hall–Kier alpha value is -4.20. The van der Waals surface area contributed by atoms with Gasteiger partial charge in [-0.25, -0.2) is 4.79 Å². The van der Waals surface area contributed by atoms with Crippen LogP contribution in [0.25, 0.3) is 22.0 Å². The van der Waals surface area contributed by atoms with Gasteiger partial charge >= 0.3 is 12.2 Å². The highest BCUT2D eigenvalue weighted by atomic mass is 19.4. The minimum absolute atomic E-state index is 0.167. The second-order valence-electron chi connectivity index (χ2n) is 8.12. The van der Waals surface area contributed by atoms with E-state index in [1.54, 1.807) is 59.5 Å². The first-order valence-corrected chi connectivity index (χ1v) is 11.5. The molecule has 5 nitrogen and oxygen atoms in total. The Morgan fingerprint density at radius 2 is 1.61 bits per heavy atom. The van der Waals surface area contributed by atoms with Crippen LogP contribution in [0.2, 0.25) is 0 Å². The van der Waals surface area contributed by atoms with E-state index in [1.165, 1.54) is 18.3 Å². The fourth-order valence-corrected chi connectivity index (χ4v) is 4.15. The summed E-state index contributed by atoms with van der Waals surface area (Å²) in [6, 6.07) is 18.7. The molecule has 4 rings (SSSR count).